The maximum Gasteiger partial charge on any atom is 0.0895 e. The van der Waals surface area contributed by atoms with Gasteiger partial charge in [0, 0.05) is 17.3 Å². The van der Waals surface area contributed by atoms with Crippen LogP contribution >= 0.6 is 11.6 Å². The van der Waals surface area contributed by atoms with Gasteiger partial charge in [0.2, 0.25) is 0 Å². The first-order valence-corrected chi connectivity index (χ1v) is 4.68. The zero-order chi connectivity index (χ0) is 9.26. The van der Waals surface area contributed by atoms with Crippen LogP contribution in [0.5, 0.6) is 0 Å². The van der Waals surface area contributed by atoms with Crippen molar-refractivity contribution >= 4 is 23.6 Å². The second-order valence-corrected chi connectivity index (χ2v) is 3.58. The van der Waals surface area contributed by atoms with Crippen LogP contribution in [0.1, 0.15) is 5.56 Å². The van der Waals surface area contributed by atoms with E-state index in [9.17, 15) is 0 Å². The third-order valence-electron chi connectivity index (χ3n) is 2.16. The molecule has 1 aromatic carbocycles. The van der Waals surface area contributed by atoms with Crippen LogP contribution in [0.25, 0.3) is 0 Å². The average molecular weight is 195 g/mol. The zero-order valence-corrected chi connectivity index (χ0v) is 8.25. The highest BCUT2D eigenvalue weighted by atomic mass is 35.5. The molecular weight excluding hydrogens is 184 g/mol. The lowest BCUT2D eigenvalue weighted by Crippen LogP contribution is -2.18. The molecule has 0 aromatic heterocycles. The largest absolute Gasteiger partial charge is 0.331 e. The Kier molecular flexibility index (Phi) is 2.23. The highest BCUT2D eigenvalue weighted by molar-refractivity contribution is 6.30. The zero-order valence-electron chi connectivity index (χ0n) is 7.50. The van der Waals surface area contributed by atoms with Crippen molar-refractivity contribution in [3.05, 3.63) is 28.8 Å². The van der Waals surface area contributed by atoms with Gasteiger partial charge in [-0.3, -0.25) is 4.99 Å². The van der Waals surface area contributed by atoms with E-state index in [1.54, 1.807) is 0 Å². The topological polar surface area (TPSA) is 15.6 Å². The van der Waals surface area contributed by atoms with Crippen molar-refractivity contribution < 1.29 is 0 Å². The number of anilines is 1. The molecule has 2 nitrogen and oxygen atoms in total. The molecule has 3 heteroatoms. The Morgan fingerprint density at radius 2 is 2.31 bits per heavy atom. The monoisotopic (exact) mass is 194 g/mol. The first-order chi connectivity index (χ1) is 6.27. The van der Waals surface area contributed by atoms with Crippen LogP contribution in [-0.4, -0.2) is 19.4 Å². The lowest BCUT2D eigenvalue weighted by Gasteiger charge is -2.16. The maximum atomic E-state index is 5.87. The lowest BCUT2D eigenvalue weighted by atomic mass is 10.2. The van der Waals surface area contributed by atoms with Crippen LogP contribution < -0.4 is 4.90 Å². The predicted molar refractivity (Wildman–Crippen MR) is 56.9 cm³/mol. The molecular formula is C10H11ClN2. The van der Waals surface area contributed by atoms with Gasteiger partial charge in [-0.15, -0.1) is 0 Å². The molecule has 1 aliphatic heterocycles. The van der Waals surface area contributed by atoms with Gasteiger partial charge in [0.1, 0.15) is 0 Å². The number of hydrogen-bond acceptors (Lipinski definition) is 2. The fraction of sp³-hybridized carbons (Fsp3) is 0.300. The molecule has 0 N–H and O–H groups in total. The summed E-state index contributed by atoms with van der Waals surface area (Å²) in [5, 5.41) is 0.789. The standard InChI is InChI=1S/C10H11ClN2/c1-8-6-9(11)2-3-10(8)13-5-4-12-7-13/h2-3,6-7H,4-5H2,1H3. The van der Waals surface area contributed by atoms with E-state index in [0.29, 0.717) is 0 Å². The predicted octanol–water partition coefficient (Wildman–Crippen LogP) is 2.50. The summed E-state index contributed by atoms with van der Waals surface area (Å²) in [6, 6.07) is 5.92. The van der Waals surface area contributed by atoms with Crippen LogP contribution in [0.4, 0.5) is 5.69 Å². The summed E-state index contributed by atoms with van der Waals surface area (Å²) in [6.45, 7) is 3.93. The Bertz CT molecular complexity index is 347. The van der Waals surface area contributed by atoms with E-state index in [4.69, 9.17) is 11.6 Å². The molecule has 1 heterocycles. The van der Waals surface area contributed by atoms with Crippen molar-refractivity contribution in [2.45, 2.75) is 6.92 Å². The molecule has 0 saturated heterocycles. The molecule has 0 unspecified atom stereocenters. The van der Waals surface area contributed by atoms with E-state index >= 15 is 0 Å². The van der Waals surface area contributed by atoms with E-state index in [0.717, 1.165) is 18.1 Å². The van der Waals surface area contributed by atoms with Crippen molar-refractivity contribution in [3.8, 4) is 0 Å². The van der Waals surface area contributed by atoms with Gasteiger partial charge in [-0.25, -0.2) is 0 Å². The maximum absolute atomic E-state index is 5.87. The average Bonchev–Trinajstić information content (AvgIpc) is 2.56. The summed E-state index contributed by atoms with van der Waals surface area (Å²) in [6.07, 6.45) is 1.89. The molecule has 0 aliphatic carbocycles. The van der Waals surface area contributed by atoms with Crippen LogP contribution in [0.15, 0.2) is 23.2 Å². The minimum atomic E-state index is 0.789. The molecule has 0 amide bonds. The van der Waals surface area contributed by atoms with Crippen molar-refractivity contribution in [3.63, 3.8) is 0 Å². The van der Waals surface area contributed by atoms with Crippen LogP contribution in [-0.2, 0) is 0 Å². The van der Waals surface area contributed by atoms with E-state index in [-0.39, 0.29) is 0 Å². The van der Waals surface area contributed by atoms with Crippen molar-refractivity contribution in [1.82, 2.24) is 0 Å². The van der Waals surface area contributed by atoms with E-state index < -0.39 is 0 Å². The third-order valence-corrected chi connectivity index (χ3v) is 2.39. The smallest absolute Gasteiger partial charge is 0.0895 e. The minimum Gasteiger partial charge on any atom is -0.331 e. The second kappa shape index (κ2) is 3.38. The number of hydrogen-bond donors (Lipinski definition) is 0. The molecule has 13 heavy (non-hydrogen) atoms. The quantitative estimate of drug-likeness (QED) is 0.671. The summed E-state index contributed by atoms with van der Waals surface area (Å²) in [4.78, 5) is 6.32. The number of benzene rings is 1. The van der Waals surface area contributed by atoms with Crippen molar-refractivity contribution in [2.75, 3.05) is 18.0 Å². The van der Waals surface area contributed by atoms with E-state index in [2.05, 4.69) is 16.8 Å². The fourth-order valence-electron chi connectivity index (χ4n) is 1.50. The summed E-state index contributed by atoms with van der Waals surface area (Å²) in [5.74, 6) is 0. The first-order valence-electron chi connectivity index (χ1n) is 4.30. The van der Waals surface area contributed by atoms with E-state index in [1.807, 2.05) is 24.5 Å². The van der Waals surface area contributed by atoms with Crippen LogP contribution in [0.3, 0.4) is 0 Å². The van der Waals surface area contributed by atoms with Gasteiger partial charge in [0.15, 0.2) is 0 Å². The molecule has 0 bridgehead atoms. The van der Waals surface area contributed by atoms with Gasteiger partial charge in [-0.1, -0.05) is 11.6 Å². The third kappa shape index (κ3) is 1.68. The molecule has 1 aromatic rings. The fourth-order valence-corrected chi connectivity index (χ4v) is 1.73. The van der Waals surface area contributed by atoms with Gasteiger partial charge >= 0.3 is 0 Å². The number of halogens is 1. The molecule has 1 aliphatic rings. The number of nitrogens with zero attached hydrogens (tertiary/aromatic N) is 2. The summed E-state index contributed by atoms with van der Waals surface area (Å²) in [5.41, 5.74) is 2.39. The molecule has 0 atom stereocenters. The van der Waals surface area contributed by atoms with Crippen molar-refractivity contribution in [2.24, 2.45) is 4.99 Å². The van der Waals surface area contributed by atoms with E-state index in [1.165, 1.54) is 11.3 Å². The number of aliphatic imine (C=N–C) groups is 1. The van der Waals surface area contributed by atoms with Crippen LogP contribution in [0.2, 0.25) is 5.02 Å². The SMILES string of the molecule is Cc1cc(Cl)ccc1N1C=NCC1. The first kappa shape index (κ1) is 8.57. The Balaban J connectivity index is 2.34. The number of rotatable bonds is 1. The molecule has 0 spiro atoms. The van der Waals surface area contributed by atoms with Gasteiger partial charge in [-0.2, -0.15) is 0 Å². The van der Waals surface area contributed by atoms with Crippen molar-refractivity contribution in [1.29, 1.82) is 0 Å². The van der Waals surface area contributed by atoms with Gasteiger partial charge in [0.05, 0.1) is 12.9 Å². The summed E-state index contributed by atoms with van der Waals surface area (Å²) in [7, 11) is 0. The van der Waals surface area contributed by atoms with Gasteiger partial charge in [0.25, 0.3) is 0 Å². The highest BCUT2D eigenvalue weighted by Gasteiger charge is 2.09. The summed E-state index contributed by atoms with van der Waals surface area (Å²) < 4.78 is 0. The molecule has 0 saturated carbocycles. The molecule has 0 fully saturated rings. The van der Waals surface area contributed by atoms with Gasteiger partial charge < -0.3 is 4.90 Å². The highest BCUT2D eigenvalue weighted by Crippen LogP contribution is 2.23. The molecule has 0 radical (unpaired) electrons. The van der Waals surface area contributed by atoms with Crippen LogP contribution in [0, 0.1) is 6.92 Å². The Morgan fingerprint density at radius 3 is 2.92 bits per heavy atom. The Labute approximate surface area is 82.8 Å². The minimum absolute atomic E-state index is 0.789. The number of aryl methyl sites for hydroxylation is 1. The molecule has 2 rings (SSSR count). The molecule has 68 valence electrons. The second-order valence-electron chi connectivity index (χ2n) is 3.15. The Hall–Kier alpha value is -1.02. The van der Waals surface area contributed by atoms with Gasteiger partial charge in [-0.05, 0) is 30.7 Å². The Morgan fingerprint density at radius 1 is 1.46 bits per heavy atom. The lowest BCUT2D eigenvalue weighted by molar-refractivity contribution is 1.02. The normalized spacial score (nSPS) is 15.4. The summed E-state index contributed by atoms with van der Waals surface area (Å²) >= 11 is 5.87.